The third-order valence-corrected chi connectivity index (χ3v) is 2.03. The minimum Gasteiger partial charge on any atom is -0.396 e. The average Bonchev–Trinajstić information content (AvgIpc) is 2.10. The summed E-state index contributed by atoms with van der Waals surface area (Å²) in [4.78, 5) is 10.7. The second-order valence-corrected chi connectivity index (χ2v) is 3.06. The van der Waals surface area contributed by atoms with E-state index in [4.69, 9.17) is 10.8 Å². The first-order valence-electron chi connectivity index (χ1n) is 4.41. The molecule has 1 aromatic carbocycles. The number of nitrogens with two attached hydrogens (primary N) is 1. The van der Waals surface area contributed by atoms with Crippen LogP contribution in [0.25, 0.3) is 0 Å². The van der Waals surface area contributed by atoms with Gasteiger partial charge in [0.05, 0.1) is 0 Å². The molecular formula is C10H14N2O2. The van der Waals surface area contributed by atoms with E-state index in [9.17, 15) is 4.79 Å². The third-order valence-electron chi connectivity index (χ3n) is 2.03. The summed E-state index contributed by atoms with van der Waals surface area (Å²) >= 11 is 0. The number of amides is 2. The van der Waals surface area contributed by atoms with E-state index in [-0.39, 0.29) is 6.61 Å². The topological polar surface area (TPSA) is 75.3 Å². The fourth-order valence-electron chi connectivity index (χ4n) is 1.40. The molecule has 4 heteroatoms. The molecule has 1 rings (SSSR count). The zero-order valence-corrected chi connectivity index (χ0v) is 8.08. The predicted molar refractivity (Wildman–Crippen MR) is 55.2 cm³/mol. The summed E-state index contributed by atoms with van der Waals surface area (Å²) in [5.74, 6) is 0. The lowest BCUT2D eigenvalue weighted by Gasteiger charge is -2.11. The smallest absolute Gasteiger partial charge is 0.316 e. The van der Waals surface area contributed by atoms with E-state index in [1.807, 2.05) is 19.1 Å². The number of nitrogens with one attached hydrogen (secondary N) is 1. The van der Waals surface area contributed by atoms with Crippen LogP contribution in [0.2, 0.25) is 0 Å². The van der Waals surface area contributed by atoms with Crippen LogP contribution in [0.15, 0.2) is 18.2 Å². The average molecular weight is 194 g/mol. The maximum absolute atomic E-state index is 10.7. The van der Waals surface area contributed by atoms with E-state index in [1.165, 1.54) is 0 Å². The van der Waals surface area contributed by atoms with E-state index in [1.54, 1.807) is 6.07 Å². The normalized spacial score (nSPS) is 9.86. The largest absolute Gasteiger partial charge is 0.396 e. The molecule has 4 nitrogen and oxygen atoms in total. The molecule has 0 aliphatic heterocycles. The number of primary amides is 1. The van der Waals surface area contributed by atoms with Gasteiger partial charge in [0.25, 0.3) is 0 Å². The van der Waals surface area contributed by atoms with Crippen molar-refractivity contribution < 1.29 is 9.90 Å². The van der Waals surface area contributed by atoms with E-state index in [0.717, 1.165) is 11.1 Å². The fraction of sp³-hybridized carbons (Fsp3) is 0.300. The van der Waals surface area contributed by atoms with Gasteiger partial charge in [-0.3, -0.25) is 0 Å². The Morgan fingerprint density at radius 3 is 2.86 bits per heavy atom. The summed E-state index contributed by atoms with van der Waals surface area (Å²) in [6.45, 7) is 1.98. The first-order valence-corrected chi connectivity index (χ1v) is 4.41. The Bertz CT molecular complexity index is 337. The summed E-state index contributed by atoms with van der Waals surface area (Å²) in [6, 6.07) is 4.94. The van der Waals surface area contributed by atoms with Crippen molar-refractivity contribution in [2.75, 3.05) is 11.9 Å². The number of anilines is 1. The molecule has 0 unspecified atom stereocenters. The van der Waals surface area contributed by atoms with E-state index in [0.29, 0.717) is 12.1 Å². The molecule has 0 fully saturated rings. The van der Waals surface area contributed by atoms with Gasteiger partial charge in [-0.25, -0.2) is 4.79 Å². The maximum Gasteiger partial charge on any atom is 0.316 e. The van der Waals surface area contributed by atoms with Crippen LogP contribution in [-0.2, 0) is 6.42 Å². The summed E-state index contributed by atoms with van der Waals surface area (Å²) in [5, 5.41) is 11.4. The van der Waals surface area contributed by atoms with Crippen molar-refractivity contribution in [1.29, 1.82) is 0 Å². The van der Waals surface area contributed by atoms with Crippen LogP contribution < -0.4 is 11.1 Å². The standard InChI is InChI=1S/C10H14N2O2/c1-7-3-2-4-9(12-10(11)14)8(7)5-6-13/h2-4,13H,5-6H2,1H3,(H3,11,12,14). The maximum atomic E-state index is 10.7. The highest BCUT2D eigenvalue weighted by molar-refractivity contribution is 5.88. The van der Waals surface area contributed by atoms with Gasteiger partial charge >= 0.3 is 6.03 Å². The van der Waals surface area contributed by atoms with Gasteiger partial charge in [-0.15, -0.1) is 0 Å². The number of aliphatic hydroxyl groups excluding tert-OH is 1. The lowest BCUT2D eigenvalue weighted by Crippen LogP contribution is -2.20. The fourth-order valence-corrected chi connectivity index (χ4v) is 1.40. The number of aryl methyl sites for hydroxylation is 1. The molecule has 0 saturated carbocycles. The van der Waals surface area contributed by atoms with Crippen molar-refractivity contribution in [2.24, 2.45) is 5.73 Å². The number of hydrogen-bond donors (Lipinski definition) is 3. The van der Waals surface area contributed by atoms with Crippen LogP contribution >= 0.6 is 0 Å². The van der Waals surface area contributed by atoms with Gasteiger partial charge in [-0.05, 0) is 30.5 Å². The summed E-state index contributed by atoms with van der Waals surface area (Å²) < 4.78 is 0. The molecule has 0 aromatic heterocycles. The Kier molecular flexibility index (Phi) is 3.48. The Hall–Kier alpha value is -1.55. The van der Waals surface area contributed by atoms with Crippen molar-refractivity contribution >= 4 is 11.7 Å². The van der Waals surface area contributed by atoms with Crippen LogP contribution in [0, 0.1) is 6.92 Å². The highest BCUT2D eigenvalue weighted by Gasteiger charge is 2.05. The Morgan fingerprint density at radius 1 is 1.57 bits per heavy atom. The summed E-state index contributed by atoms with van der Waals surface area (Å²) in [7, 11) is 0. The molecule has 0 radical (unpaired) electrons. The molecule has 0 bridgehead atoms. The molecule has 0 atom stereocenters. The molecule has 76 valence electrons. The highest BCUT2D eigenvalue weighted by atomic mass is 16.3. The Morgan fingerprint density at radius 2 is 2.29 bits per heavy atom. The lowest BCUT2D eigenvalue weighted by atomic mass is 10.0. The van der Waals surface area contributed by atoms with Crippen molar-refractivity contribution in [3.8, 4) is 0 Å². The Balaban J connectivity index is 3.01. The molecule has 4 N–H and O–H groups in total. The van der Waals surface area contributed by atoms with E-state index in [2.05, 4.69) is 5.32 Å². The van der Waals surface area contributed by atoms with Crippen LogP contribution in [-0.4, -0.2) is 17.7 Å². The highest BCUT2D eigenvalue weighted by Crippen LogP contribution is 2.19. The quantitative estimate of drug-likeness (QED) is 0.672. The summed E-state index contributed by atoms with van der Waals surface area (Å²) in [6.07, 6.45) is 0.516. The van der Waals surface area contributed by atoms with Crippen molar-refractivity contribution in [3.63, 3.8) is 0 Å². The van der Waals surface area contributed by atoms with E-state index < -0.39 is 6.03 Å². The first kappa shape index (κ1) is 10.5. The first-order chi connectivity index (χ1) is 6.65. The van der Waals surface area contributed by atoms with Crippen LogP contribution in [0.4, 0.5) is 10.5 Å². The minimum atomic E-state index is -0.588. The number of aliphatic hydroxyl groups is 1. The molecule has 14 heavy (non-hydrogen) atoms. The van der Waals surface area contributed by atoms with Crippen LogP contribution in [0.1, 0.15) is 11.1 Å². The molecule has 1 aromatic rings. The number of benzene rings is 1. The molecule has 2 amide bonds. The second-order valence-electron chi connectivity index (χ2n) is 3.06. The van der Waals surface area contributed by atoms with Gasteiger partial charge in [0.15, 0.2) is 0 Å². The zero-order valence-electron chi connectivity index (χ0n) is 8.08. The SMILES string of the molecule is Cc1cccc(NC(N)=O)c1CCO. The van der Waals surface area contributed by atoms with Gasteiger partial charge < -0.3 is 16.2 Å². The molecule has 0 heterocycles. The minimum absolute atomic E-state index is 0.0539. The molecule has 0 aliphatic rings. The zero-order chi connectivity index (χ0) is 10.6. The summed E-state index contributed by atoms with van der Waals surface area (Å²) in [5.41, 5.74) is 7.66. The number of carbonyl (C=O) groups excluding carboxylic acids is 1. The Labute approximate surface area is 82.7 Å². The number of hydrogen-bond acceptors (Lipinski definition) is 2. The van der Waals surface area contributed by atoms with Gasteiger partial charge in [0.1, 0.15) is 0 Å². The van der Waals surface area contributed by atoms with Crippen molar-refractivity contribution in [3.05, 3.63) is 29.3 Å². The predicted octanol–water partition coefficient (Wildman–Crippen LogP) is 1.02. The lowest BCUT2D eigenvalue weighted by molar-refractivity contribution is 0.259. The molecule has 0 saturated heterocycles. The van der Waals surface area contributed by atoms with Gasteiger partial charge in [0.2, 0.25) is 0 Å². The number of carbonyl (C=O) groups is 1. The number of rotatable bonds is 3. The van der Waals surface area contributed by atoms with Gasteiger partial charge in [0, 0.05) is 12.3 Å². The molecular weight excluding hydrogens is 180 g/mol. The van der Waals surface area contributed by atoms with Crippen molar-refractivity contribution in [1.82, 2.24) is 0 Å². The van der Waals surface area contributed by atoms with Crippen molar-refractivity contribution in [2.45, 2.75) is 13.3 Å². The van der Waals surface area contributed by atoms with Crippen LogP contribution in [0.5, 0.6) is 0 Å². The van der Waals surface area contributed by atoms with Gasteiger partial charge in [-0.2, -0.15) is 0 Å². The second kappa shape index (κ2) is 4.62. The monoisotopic (exact) mass is 194 g/mol. The third kappa shape index (κ3) is 2.47. The van der Waals surface area contributed by atoms with Gasteiger partial charge in [-0.1, -0.05) is 12.1 Å². The molecule has 0 aliphatic carbocycles. The van der Waals surface area contributed by atoms with Crippen LogP contribution in [0.3, 0.4) is 0 Å². The number of urea groups is 1. The molecule has 0 spiro atoms. The van der Waals surface area contributed by atoms with E-state index >= 15 is 0 Å².